The number of quaternary nitrogens is 4. The van der Waals surface area contributed by atoms with E-state index >= 15 is 0 Å². The van der Waals surface area contributed by atoms with Crippen LogP contribution in [0.4, 0.5) is 26.3 Å². The van der Waals surface area contributed by atoms with Crippen molar-refractivity contribution in [1.29, 1.82) is 0 Å². The smallest absolute Gasteiger partial charge is 0.414 e. The number of likely N-dealkylation sites (tertiary alicyclic amines) is 5. The second-order valence-electron chi connectivity index (χ2n) is 31.3. The van der Waals surface area contributed by atoms with Crippen molar-refractivity contribution in [2.45, 2.75) is 150 Å². The molecule has 2 atom stereocenters. The third kappa shape index (κ3) is 69.4. The summed E-state index contributed by atoms with van der Waals surface area (Å²) in [7, 11) is 8.33. The first-order valence-electron chi connectivity index (χ1n) is 42.4. The van der Waals surface area contributed by atoms with Crippen LogP contribution in [0.5, 0.6) is 0 Å². The van der Waals surface area contributed by atoms with Crippen molar-refractivity contribution in [2.75, 3.05) is 117 Å². The van der Waals surface area contributed by atoms with Gasteiger partial charge in [0.05, 0.1) is 107 Å². The van der Waals surface area contributed by atoms with E-state index in [1.54, 1.807) is 95.9 Å². The van der Waals surface area contributed by atoms with Crippen LogP contribution >= 0.6 is 115 Å². The first-order valence-corrected chi connectivity index (χ1v) is 47.6. The Morgan fingerprint density at radius 2 is 0.759 bits per heavy atom. The molecule has 7 saturated heterocycles. The van der Waals surface area contributed by atoms with Crippen molar-refractivity contribution in [3.63, 3.8) is 0 Å². The van der Waals surface area contributed by atoms with E-state index in [0.717, 1.165) is 84.5 Å². The number of carbonyl (C=O) groups is 10. The number of rotatable bonds is 15. The van der Waals surface area contributed by atoms with Crippen LogP contribution in [0.15, 0.2) is 148 Å². The molecule has 15 rings (SSSR count). The van der Waals surface area contributed by atoms with Gasteiger partial charge < -0.3 is 102 Å². The zero-order valence-electron chi connectivity index (χ0n) is 78.2. The maximum atomic E-state index is 12.9. The van der Waals surface area contributed by atoms with E-state index in [2.05, 4.69) is 99.0 Å². The molecule has 12 N–H and O–H groups in total. The fourth-order valence-corrected chi connectivity index (χ4v) is 13.9. The van der Waals surface area contributed by atoms with E-state index in [1.807, 2.05) is 48.8 Å². The Kier molecular flexibility index (Phi) is 84.0. The number of pyridine rings is 8. The molecule has 34 nitrogen and oxygen atoms in total. The Balaban J connectivity index is -0.000000362. The van der Waals surface area contributed by atoms with E-state index in [-0.39, 0.29) is 125 Å². The number of alkyl halides is 7. The van der Waals surface area contributed by atoms with Gasteiger partial charge in [0, 0.05) is 247 Å². The topological polar surface area (TPSA) is 475 Å². The molecule has 15 heterocycles. The monoisotopic (exact) mass is 2510 g/mol. The van der Waals surface area contributed by atoms with Gasteiger partial charge in [-0.15, -0.1) is 0 Å². The fraction of sp³-hybridized carbons (Fsp3) is 0.436. The van der Waals surface area contributed by atoms with Crippen molar-refractivity contribution in [3.8, 4) is 0 Å². The van der Waals surface area contributed by atoms with Crippen molar-refractivity contribution in [3.05, 3.63) is 254 Å². The first kappa shape index (κ1) is 148. The van der Waals surface area contributed by atoms with Crippen LogP contribution < -0.4 is 44.4 Å². The second kappa shape index (κ2) is 82.3. The predicted octanol–water partition coefficient (Wildman–Crippen LogP) is 12.9. The minimum Gasteiger partial charge on any atom is -1.00 e. The Morgan fingerprint density at radius 1 is 0.434 bits per heavy atom. The van der Waals surface area contributed by atoms with Gasteiger partial charge in [-0.25, -0.2) is 64.7 Å². The molecule has 0 bridgehead atoms. The largest absolute Gasteiger partial charge is 1.00 e. The Morgan fingerprint density at radius 3 is 1.02 bits per heavy atom. The molecule has 7 aliphatic rings. The second-order valence-corrected chi connectivity index (χ2v) is 34.6. The van der Waals surface area contributed by atoms with Crippen LogP contribution in [0.3, 0.4) is 0 Å². The van der Waals surface area contributed by atoms with Crippen LogP contribution in [-0.2, 0) is 110 Å². The van der Waals surface area contributed by atoms with Crippen LogP contribution in [0.25, 0.3) is 0 Å². The molecule has 0 amide bonds. The molecule has 809 valence electrons. The molecule has 8 aromatic heterocycles. The summed E-state index contributed by atoms with van der Waals surface area (Å²) in [4.78, 5) is 133. The molecule has 8 aromatic rings. The van der Waals surface area contributed by atoms with E-state index < -0.39 is 65.5 Å². The molecule has 0 spiro atoms. The number of hydrogen-bond donors (Lipinski definition) is 12. The van der Waals surface area contributed by atoms with Crippen molar-refractivity contribution in [1.82, 2.24) is 60.3 Å². The Hall–Kier alpha value is -7.56. The molecule has 145 heavy (non-hydrogen) atoms. The van der Waals surface area contributed by atoms with Crippen LogP contribution in [0.1, 0.15) is 147 Å². The number of aromatic nitrogens is 8. The summed E-state index contributed by atoms with van der Waals surface area (Å²) in [5.74, 6) is -22.1. The van der Waals surface area contributed by atoms with Gasteiger partial charge in [-0.05, 0) is 105 Å². The molecule has 0 saturated carbocycles. The van der Waals surface area contributed by atoms with Gasteiger partial charge in [0.2, 0.25) is 0 Å². The zero-order valence-corrected chi connectivity index (χ0v) is 91.4. The van der Waals surface area contributed by atoms with Gasteiger partial charge >= 0.3 is 53.7 Å². The van der Waals surface area contributed by atoms with E-state index in [4.69, 9.17) is 172 Å². The average Bonchev–Trinajstić information content (AvgIpc) is 1.75. The quantitative estimate of drug-likeness (QED) is 0.00862. The third-order valence-corrected chi connectivity index (χ3v) is 22.6. The Bertz CT molecular complexity index is 4720. The molecule has 1 radical (unpaired) electrons. The third-order valence-electron chi connectivity index (χ3n) is 19.7. The summed E-state index contributed by atoms with van der Waals surface area (Å²) >= 11 is 49.3. The maximum Gasteiger partial charge on any atom is 0.414 e. The zero-order chi connectivity index (χ0) is 105. The number of hydrogen-bond acceptors (Lipinski definition) is 22. The van der Waals surface area contributed by atoms with E-state index in [0.29, 0.717) is 81.0 Å². The number of halogens is 16. The molecule has 51 heteroatoms. The summed E-state index contributed by atoms with van der Waals surface area (Å²) in [6, 6.07) is 13.9. The van der Waals surface area contributed by atoms with Gasteiger partial charge in [0.15, 0.2) is 12.6 Å². The minimum absolute atomic E-state index is 0. The van der Waals surface area contributed by atoms with Gasteiger partial charge in [-0.2, -0.15) is 7.05 Å². The number of nitrogens with one attached hydrogen (secondary N) is 4. The average molecular weight is 2510 g/mol. The SMILES string of the molecule is C.C.C.C1CCNC1.CI.C[N+]1(Cc2cnccc2Cl)CCCC1.Clc1ccncc1CN1CCCC1.Clc1ccncc1C[NH+]1CCCC1.FC1(F)CCN(Cc2cnccc2Cl)C1.FC1(F)CCNC1.FC1(F)CC[NH+](Cc2cnccc2Cl)C1.O=C(O)C(=O)O.O=C(O)C(=O)O.O=C(O)C(=O)O.O=C(O)C(=O)O.O=Cc1cnccc1Cl.O=Cc1cnccc1Cl.[CH2-]C[N+]([CH2-])(C)Cc1cnccc1Cl.[CH3-].[I-].[Y]. The van der Waals surface area contributed by atoms with Crippen molar-refractivity contribution < 1.29 is 191 Å². The van der Waals surface area contributed by atoms with E-state index in [1.165, 1.54) is 140 Å². The van der Waals surface area contributed by atoms with Gasteiger partial charge in [-0.1, -0.05) is 144 Å². The van der Waals surface area contributed by atoms with Crippen LogP contribution in [-0.4, -0.2) is 295 Å². The summed E-state index contributed by atoms with van der Waals surface area (Å²) in [5.41, 5.74) is 7.03. The first-order chi connectivity index (χ1) is 65.6. The number of carboxylic acids is 8. The molecular formula is C94H130Cl8F6I2N16O18Y. The van der Waals surface area contributed by atoms with Crippen molar-refractivity contribution >= 4 is 176 Å². The Labute approximate surface area is 939 Å². The summed E-state index contributed by atoms with van der Waals surface area (Å²) < 4.78 is 77.1. The number of nitrogens with zero attached hydrogens (tertiary/aromatic N) is 12. The minimum atomic E-state index is -2.55. The van der Waals surface area contributed by atoms with Gasteiger partial charge in [0.1, 0.15) is 26.2 Å². The summed E-state index contributed by atoms with van der Waals surface area (Å²) in [6.45, 7) is 20.3. The predicted molar refractivity (Wildman–Crippen MR) is 548 cm³/mol. The molecule has 2 unspecified atom stereocenters. The number of aliphatic carboxylic acids is 8. The summed E-state index contributed by atoms with van der Waals surface area (Å²) in [6.07, 6.45) is 38.8. The van der Waals surface area contributed by atoms with Crippen LogP contribution in [0, 0.1) is 21.4 Å². The van der Waals surface area contributed by atoms with E-state index in [9.17, 15) is 35.9 Å². The standard InChI is InChI=1S/C11H16ClN2.2C10H11ClF2N2.2C10H13ClN2.C10H14ClN2.2C6H4ClNO.C4H7F2N.C4H9N.4C2H2O4.CH3I.3CH4.CH3.HI.Y/c1-14(6-2-3-7-14)9-10-8-13-5-4-11(10)12;2*11-9-1-3-14-5-8(9)6-15-4-2-10(12,13)7-15;2*11-10-3-4-12-7-9(10)8-13-5-1-2-6-13;1-4-13(2,3)8-9-7-12-6-5-10(9)11;2*7-6-1-2-8-3-5(6)4-9;5-4(6)1-2-7-3-4;1-2-4-5-3-1;4*3-1(4)2(5)6;1-2;;;;;;/h4-5,8H,2-3,6-7,9H2,1H3;2*1,3,5H,2,4,6-7H2;2*3-4,7H,1-2,5-6,8H2;5-7H,1-2,4,8H2,3H3;2*1-4H;7H,1-3H2;5H,1-4H2;4*(H,3,4)(H,5,6);1H3;3*1H4;1H3;1H;/q+1;;;;;-1;;;;;;;;;;;;;-1;;/p+1. The maximum absolute atomic E-state index is 12.9. The summed E-state index contributed by atoms with van der Waals surface area (Å²) in [5, 5.41) is 70.3. The molecular weight excluding hydrogens is 2380 g/mol. The fourth-order valence-electron chi connectivity index (χ4n) is 12.6. The molecule has 0 aromatic carbocycles. The number of carbonyl (C=O) groups excluding carboxylic acids is 2. The van der Waals surface area contributed by atoms with Gasteiger partial charge in [-0.3, -0.25) is 66.2 Å². The van der Waals surface area contributed by atoms with Gasteiger partial charge in [0.25, 0.3) is 11.8 Å². The van der Waals surface area contributed by atoms with Crippen LogP contribution in [0.2, 0.25) is 40.2 Å². The number of aldehydes is 2. The molecule has 7 fully saturated rings. The molecule has 0 aliphatic carbocycles. The molecule has 7 aliphatic heterocycles. The number of carboxylic acid groups (broad SMARTS) is 8. The van der Waals surface area contributed by atoms with Crippen molar-refractivity contribution in [2.24, 2.45) is 0 Å². The normalized spacial score (nSPS) is 15.7.